The van der Waals surface area contributed by atoms with Gasteiger partial charge in [0.05, 0.1) is 5.69 Å². The van der Waals surface area contributed by atoms with E-state index in [1.807, 2.05) is 6.07 Å². The monoisotopic (exact) mass is 237 g/mol. The normalized spacial score (nSPS) is 8.64. The van der Waals surface area contributed by atoms with Gasteiger partial charge in [0, 0.05) is 24.4 Å². The Balaban J connectivity index is 0.000001000. The number of rotatable bonds is 1. The fourth-order valence-electron chi connectivity index (χ4n) is 0.633. The van der Waals surface area contributed by atoms with Crippen molar-refractivity contribution >= 4 is 31.1 Å². The molecule has 0 amide bonds. The van der Waals surface area contributed by atoms with E-state index < -0.39 is 0 Å². The van der Waals surface area contributed by atoms with Gasteiger partial charge in [-0.2, -0.15) is 0 Å². The van der Waals surface area contributed by atoms with Gasteiger partial charge in [0.15, 0.2) is 0 Å². The topological polar surface area (TPSA) is 23.5 Å². The van der Waals surface area contributed by atoms with E-state index in [0.29, 0.717) is 10.6 Å². The molecule has 1 aromatic rings. The van der Waals surface area contributed by atoms with Gasteiger partial charge in [-0.25, -0.2) is 4.47 Å². The number of thiol groups is 2. The van der Waals surface area contributed by atoms with Crippen LogP contribution in [0.15, 0.2) is 29.2 Å². The summed E-state index contributed by atoms with van der Waals surface area (Å²) in [6.07, 6.45) is 0. The van der Waals surface area contributed by atoms with E-state index in [4.69, 9.17) is 5.21 Å². The molecule has 1 rings (SSSR count). The third-order valence-corrected chi connectivity index (χ3v) is 1.69. The standard InChI is InChI=1S/C6H7NOS2.Zn/c8-7(10)5-3-1-2-4-6(5)9;/h1-4,8-10H;. The van der Waals surface area contributed by atoms with E-state index in [0.717, 1.165) is 4.47 Å². The molecule has 0 saturated carbocycles. The van der Waals surface area contributed by atoms with Crippen LogP contribution in [0.25, 0.3) is 0 Å². The van der Waals surface area contributed by atoms with Crippen LogP contribution in [-0.4, -0.2) is 5.21 Å². The number of hydrogen-bond acceptors (Lipinski definition) is 4. The smallest absolute Gasteiger partial charge is 0.0894 e. The third kappa shape index (κ3) is 3.03. The Morgan fingerprint density at radius 2 is 1.82 bits per heavy atom. The van der Waals surface area contributed by atoms with Crippen LogP contribution in [0, 0.1) is 0 Å². The summed E-state index contributed by atoms with van der Waals surface area (Å²) in [4.78, 5) is 0.694. The molecule has 0 fully saturated rings. The third-order valence-electron chi connectivity index (χ3n) is 1.10. The maximum atomic E-state index is 8.85. The van der Waals surface area contributed by atoms with Crippen molar-refractivity contribution in [3.8, 4) is 0 Å². The SMILES string of the molecule is ON(S)c1ccccc1S.[Zn]. The second-order valence-electron chi connectivity index (χ2n) is 1.78. The summed E-state index contributed by atoms with van der Waals surface area (Å²) in [6.45, 7) is 0. The van der Waals surface area contributed by atoms with E-state index in [2.05, 4.69) is 25.4 Å². The van der Waals surface area contributed by atoms with E-state index in [9.17, 15) is 0 Å². The summed E-state index contributed by atoms with van der Waals surface area (Å²) < 4.78 is 0.738. The first-order valence-electron chi connectivity index (χ1n) is 2.67. The Kier molecular flexibility index (Phi) is 5.18. The van der Waals surface area contributed by atoms with Gasteiger partial charge in [-0.15, -0.1) is 12.6 Å². The minimum Gasteiger partial charge on any atom is -0.278 e. The van der Waals surface area contributed by atoms with Gasteiger partial charge < -0.3 is 0 Å². The quantitative estimate of drug-likeness (QED) is 0.396. The first kappa shape index (κ1) is 11.3. The first-order chi connectivity index (χ1) is 4.72. The summed E-state index contributed by atoms with van der Waals surface area (Å²) >= 11 is 7.78. The van der Waals surface area contributed by atoms with Crippen molar-refractivity contribution in [2.45, 2.75) is 4.90 Å². The van der Waals surface area contributed by atoms with E-state index in [1.165, 1.54) is 0 Å². The molecule has 56 valence electrons. The van der Waals surface area contributed by atoms with Crippen LogP contribution in [-0.2, 0) is 19.5 Å². The molecule has 11 heavy (non-hydrogen) atoms. The summed E-state index contributed by atoms with van der Waals surface area (Å²) in [6, 6.07) is 7.13. The number of anilines is 1. The molecular formula is C6H7NOS2Zn. The molecule has 0 bridgehead atoms. The van der Waals surface area contributed by atoms with Crippen LogP contribution in [0.1, 0.15) is 0 Å². The van der Waals surface area contributed by atoms with Crippen molar-refractivity contribution < 1.29 is 24.7 Å². The minimum absolute atomic E-state index is 0. The summed E-state index contributed by atoms with van der Waals surface area (Å²) in [5.74, 6) is 0. The van der Waals surface area contributed by atoms with Crippen molar-refractivity contribution in [2.75, 3.05) is 4.47 Å². The fourth-order valence-corrected chi connectivity index (χ4v) is 1.14. The molecule has 5 heteroatoms. The minimum atomic E-state index is 0. The van der Waals surface area contributed by atoms with Gasteiger partial charge in [0.1, 0.15) is 0 Å². The molecule has 0 aliphatic heterocycles. The molecule has 1 N–H and O–H groups in total. The van der Waals surface area contributed by atoms with Gasteiger partial charge in [-0.05, 0) is 24.9 Å². The molecular weight excluding hydrogens is 232 g/mol. The molecule has 0 radical (unpaired) electrons. The zero-order valence-electron chi connectivity index (χ0n) is 5.81. The maximum Gasteiger partial charge on any atom is 0.0894 e. The van der Waals surface area contributed by atoms with Gasteiger partial charge in [-0.3, -0.25) is 5.21 Å². The molecule has 0 aliphatic rings. The average Bonchev–Trinajstić information content (AvgIpc) is 1.88. The average molecular weight is 239 g/mol. The predicted molar refractivity (Wildman–Crippen MR) is 46.9 cm³/mol. The molecule has 2 nitrogen and oxygen atoms in total. The Labute approximate surface area is 89.3 Å². The Bertz CT molecular complexity index is 232. The molecule has 0 atom stereocenters. The molecule has 0 saturated heterocycles. The zero-order valence-corrected chi connectivity index (χ0v) is 10.6. The van der Waals surface area contributed by atoms with Crippen LogP contribution in [0.5, 0.6) is 0 Å². The van der Waals surface area contributed by atoms with E-state index in [1.54, 1.807) is 18.2 Å². The molecule has 0 spiro atoms. The van der Waals surface area contributed by atoms with Gasteiger partial charge in [0.25, 0.3) is 0 Å². The number of para-hydroxylation sites is 1. The molecule has 0 unspecified atom stereocenters. The number of nitrogens with zero attached hydrogens (tertiary/aromatic N) is 1. The van der Waals surface area contributed by atoms with Crippen molar-refractivity contribution in [2.24, 2.45) is 0 Å². The van der Waals surface area contributed by atoms with Gasteiger partial charge in [-0.1, -0.05) is 12.1 Å². The van der Waals surface area contributed by atoms with Crippen molar-refractivity contribution in [3.05, 3.63) is 24.3 Å². The molecule has 1 aromatic carbocycles. The predicted octanol–water partition coefficient (Wildman–Crippen LogP) is 2.01. The first-order valence-corrected chi connectivity index (χ1v) is 3.52. The zero-order chi connectivity index (χ0) is 7.56. The largest absolute Gasteiger partial charge is 0.278 e. The van der Waals surface area contributed by atoms with Crippen LogP contribution < -0.4 is 4.47 Å². The van der Waals surface area contributed by atoms with Crippen LogP contribution in [0.2, 0.25) is 0 Å². The Morgan fingerprint density at radius 3 is 2.18 bits per heavy atom. The summed E-state index contributed by atoms with van der Waals surface area (Å²) in [5, 5.41) is 8.85. The Morgan fingerprint density at radius 1 is 1.27 bits per heavy atom. The molecule has 0 aliphatic carbocycles. The van der Waals surface area contributed by atoms with Gasteiger partial charge in [0.2, 0.25) is 0 Å². The van der Waals surface area contributed by atoms with E-state index >= 15 is 0 Å². The van der Waals surface area contributed by atoms with Gasteiger partial charge >= 0.3 is 0 Å². The van der Waals surface area contributed by atoms with E-state index in [-0.39, 0.29) is 19.5 Å². The number of benzene rings is 1. The Hall–Kier alpha value is 0.303. The second kappa shape index (κ2) is 5.04. The summed E-state index contributed by atoms with van der Waals surface area (Å²) in [7, 11) is 0. The maximum absolute atomic E-state index is 8.85. The van der Waals surface area contributed by atoms with Crippen molar-refractivity contribution in [1.29, 1.82) is 0 Å². The van der Waals surface area contributed by atoms with Crippen LogP contribution in [0.4, 0.5) is 5.69 Å². The summed E-state index contributed by atoms with van der Waals surface area (Å²) in [5.41, 5.74) is 0.578. The molecule has 0 heterocycles. The molecule has 0 aromatic heterocycles. The van der Waals surface area contributed by atoms with Crippen molar-refractivity contribution in [3.63, 3.8) is 0 Å². The second-order valence-corrected chi connectivity index (χ2v) is 2.64. The fraction of sp³-hybridized carbons (Fsp3) is 0. The van der Waals surface area contributed by atoms with Crippen LogP contribution in [0.3, 0.4) is 0 Å². The number of hydrogen-bond donors (Lipinski definition) is 3. The van der Waals surface area contributed by atoms with Crippen LogP contribution >= 0.6 is 25.4 Å². The van der Waals surface area contributed by atoms with Crippen molar-refractivity contribution in [1.82, 2.24) is 0 Å².